The van der Waals surface area contributed by atoms with Crippen LogP contribution in [0.3, 0.4) is 0 Å². The van der Waals surface area contributed by atoms with Crippen LogP contribution in [0, 0.1) is 0 Å². The molecule has 1 aromatic carbocycles. The summed E-state index contributed by atoms with van der Waals surface area (Å²) in [5.41, 5.74) is 0.767. The van der Waals surface area contributed by atoms with Crippen molar-refractivity contribution in [1.29, 1.82) is 0 Å². The molecule has 1 aliphatic rings. The highest BCUT2D eigenvalue weighted by Crippen LogP contribution is 2.32. The molecule has 1 aromatic heterocycles. The molecule has 1 fully saturated rings. The zero-order chi connectivity index (χ0) is 12.5. The molecule has 1 unspecified atom stereocenters. The molecule has 1 heterocycles. The molecule has 94 valence electrons. The highest BCUT2D eigenvalue weighted by molar-refractivity contribution is 9.10. The van der Waals surface area contributed by atoms with Gasteiger partial charge >= 0.3 is 0 Å². The van der Waals surface area contributed by atoms with Crippen molar-refractivity contribution in [3.05, 3.63) is 52.4 Å². The van der Waals surface area contributed by atoms with Gasteiger partial charge in [-0.15, -0.1) is 0 Å². The van der Waals surface area contributed by atoms with Crippen LogP contribution >= 0.6 is 15.9 Å². The van der Waals surface area contributed by atoms with E-state index in [1.807, 2.05) is 24.3 Å². The molecule has 18 heavy (non-hydrogen) atoms. The Balaban J connectivity index is 1.84. The van der Waals surface area contributed by atoms with E-state index in [0.29, 0.717) is 11.9 Å². The number of benzene rings is 1. The van der Waals surface area contributed by atoms with Gasteiger partial charge in [-0.1, -0.05) is 12.1 Å². The normalized spacial score (nSPS) is 16.6. The van der Waals surface area contributed by atoms with Crippen molar-refractivity contribution in [2.75, 3.05) is 0 Å². The molecule has 0 saturated heterocycles. The highest BCUT2D eigenvalue weighted by atomic mass is 79.9. The van der Waals surface area contributed by atoms with Gasteiger partial charge in [-0.2, -0.15) is 0 Å². The Bertz CT molecular complexity index is 545. The van der Waals surface area contributed by atoms with Crippen LogP contribution in [0.15, 0.2) is 45.5 Å². The van der Waals surface area contributed by atoms with Crippen LogP contribution in [0.1, 0.15) is 30.3 Å². The van der Waals surface area contributed by atoms with Gasteiger partial charge in [-0.25, -0.2) is 0 Å². The Hall–Kier alpha value is -1.26. The summed E-state index contributed by atoms with van der Waals surface area (Å²) in [6.07, 6.45) is 3.37. The smallest absolute Gasteiger partial charge is 0.150 e. The van der Waals surface area contributed by atoms with Crippen molar-refractivity contribution in [1.82, 2.24) is 0 Å². The molecular weight excluding hydrogens is 296 g/mol. The predicted octanol–water partition coefficient (Wildman–Crippen LogP) is 3.67. The van der Waals surface area contributed by atoms with Gasteiger partial charge in [0.2, 0.25) is 0 Å². The molecule has 4 heteroatoms. The molecule has 0 bridgehead atoms. The first-order chi connectivity index (χ1) is 8.74. The van der Waals surface area contributed by atoms with Crippen LogP contribution in [-0.2, 0) is 0 Å². The first kappa shape index (κ1) is 11.8. The minimum atomic E-state index is -0.780. The average molecular weight is 309 g/mol. The largest absolute Gasteiger partial charge is 0.490 e. The molecule has 0 aliphatic heterocycles. The quantitative estimate of drug-likeness (QED) is 0.937. The van der Waals surface area contributed by atoms with E-state index in [0.717, 1.165) is 28.6 Å². The second-order valence-electron chi connectivity index (χ2n) is 4.43. The van der Waals surface area contributed by atoms with Gasteiger partial charge in [0.25, 0.3) is 0 Å². The first-order valence-electron chi connectivity index (χ1n) is 5.91. The molecule has 0 amide bonds. The molecule has 1 N–H and O–H groups in total. The van der Waals surface area contributed by atoms with Crippen molar-refractivity contribution in [3.63, 3.8) is 0 Å². The lowest BCUT2D eigenvalue weighted by Gasteiger charge is -2.11. The number of furan rings is 1. The maximum Gasteiger partial charge on any atom is 0.150 e. The number of aliphatic hydroxyl groups is 1. The van der Waals surface area contributed by atoms with E-state index in [-0.39, 0.29) is 0 Å². The Labute approximate surface area is 114 Å². The second-order valence-corrected chi connectivity index (χ2v) is 5.28. The molecule has 3 nitrogen and oxygen atoms in total. The second kappa shape index (κ2) is 4.78. The van der Waals surface area contributed by atoms with E-state index in [9.17, 15) is 5.11 Å². The van der Waals surface area contributed by atoms with Crippen molar-refractivity contribution < 1.29 is 14.3 Å². The minimum absolute atomic E-state index is 0.354. The van der Waals surface area contributed by atoms with Gasteiger partial charge in [-0.3, -0.25) is 0 Å². The number of aliphatic hydroxyl groups excluding tert-OH is 1. The lowest BCUT2D eigenvalue weighted by Crippen LogP contribution is -2.01. The fraction of sp³-hybridized carbons (Fsp3) is 0.286. The number of ether oxygens (including phenoxy) is 1. The summed E-state index contributed by atoms with van der Waals surface area (Å²) in [6, 6.07) is 9.28. The number of rotatable bonds is 4. The molecule has 0 radical (unpaired) electrons. The average Bonchev–Trinajstić information content (AvgIpc) is 3.08. The van der Waals surface area contributed by atoms with Gasteiger partial charge in [0.15, 0.2) is 5.76 Å². The Morgan fingerprint density at radius 3 is 2.83 bits per heavy atom. The first-order valence-corrected chi connectivity index (χ1v) is 6.71. The maximum absolute atomic E-state index is 10.3. The van der Waals surface area contributed by atoms with E-state index in [2.05, 4.69) is 15.9 Å². The van der Waals surface area contributed by atoms with Gasteiger partial charge in [0.05, 0.1) is 16.8 Å². The summed E-state index contributed by atoms with van der Waals surface area (Å²) in [7, 11) is 0. The van der Waals surface area contributed by atoms with Crippen LogP contribution in [0.4, 0.5) is 0 Å². The number of hydrogen-bond acceptors (Lipinski definition) is 3. The summed E-state index contributed by atoms with van der Waals surface area (Å²) in [5.74, 6) is 1.32. The SMILES string of the molecule is OC(c1cccc(OC2CC2)c1)c1occc1Br. The van der Waals surface area contributed by atoms with E-state index in [4.69, 9.17) is 9.15 Å². The van der Waals surface area contributed by atoms with Crippen molar-refractivity contribution in [3.8, 4) is 5.75 Å². The summed E-state index contributed by atoms with van der Waals surface area (Å²) >= 11 is 3.35. The summed E-state index contributed by atoms with van der Waals surface area (Å²) in [5, 5.41) is 10.3. The topological polar surface area (TPSA) is 42.6 Å². The van der Waals surface area contributed by atoms with Crippen molar-refractivity contribution in [2.24, 2.45) is 0 Å². The fourth-order valence-corrected chi connectivity index (χ4v) is 2.21. The van der Waals surface area contributed by atoms with Crippen LogP contribution in [0.5, 0.6) is 5.75 Å². The molecule has 1 saturated carbocycles. The summed E-state index contributed by atoms with van der Waals surface area (Å²) in [6.45, 7) is 0. The molecule has 0 spiro atoms. The van der Waals surface area contributed by atoms with Gasteiger partial charge in [0.1, 0.15) is 11.9 Å². The fourth-order valence-electron chi connectivity index (χ4n) is 1.79. The maximum atomic E-state index is 10.3. The van der Waals surface area contributed by atoms with Crippen LogP contribution in [0.25, 0.3) is 0 Å². The molecule has 1 aliphatic carbocycles. The number of halogens is 1. The monoisotopic (exact) mass is 308 g/mol. The van der Waals surface area contributed by atoms with E-state index in [1.165, 1.54) is 0 Å². The zero-order valence-electron chi connectivity index (χ0n) is 9.67. The van der Waals surface area contributed by atoms with Crippen molar-refractivity contribution in [2.45, 2.75) is 25.0 Å². The summed E-state index contributed by atoms with van der Waals surface area (Å²) < 4.78 is 11.8. The van der Waals surface area contributed by atoms with Crippen molar-refractivity contribution >= 4 is 15.9 Å². The van der Waals surface area contributed by atoms with Crippen LogP contribution in [0.2, 0.25) is 0 Å². The van der Waals surface area contributed by atoms with Crippen LogP contribution < -0.4 is 4.74 Å². The van der Waals surface area contributed by atoms with Gasteiger partial charge in [-0.05, 0) is 52.5 Å². The Kier molecular flexibility index (Phi) is 3.14. The van der Waals surface area contributed by atoms with E-state index >= 15 is 0 Å². The van der Waals surface area contributed by atoms with E-state index in [1.54, 1.807) is 12.3 Å². The highest BCUT2D eigenvalue weighted by Gasteiger charge is 2.24. The van der Waals surface area contributed by atoms with Crippen LogP contribution in [-0.4, -0.2) is 11.2 Å². The zero-order valence-corrected chi connectivity index (χ0v) is 11.3. The van der Waals surface area contributed by atoms with Gasteiger partial charge in [0, 0.05) is 0 Å². The molecule has 3 rings (SSSR count). The third-order valence-electron chi connectivity index (χ3n) is 2.89. The third-order valence-corrected chi connectivity index (χ3v) is 3.55. The predicted molar refractivity (Wildman–Crippen MR) is 70.6 cm³/mol. The standard InChI is InChI=1S/C14H13BrO3/c15-12-6-7-17-14(12)13(16)9-2-1-3-11(8-9)18-10-4-5-10/h1-3,6-8,10,13,16H,4-5H2. The Morgan fingerprint density at radius 2 is 2.17 bits per heavy atom. The lowest BCUT2D eigenvalue weighted by atomic mass is 10.1. The number of hydrogen-bond donors (Lipinski definition) is 1. The van der Waals surface area contributed by atoms with E-state index < -0.39 is 6.10 Å². The molecular formula is C14H13BrO3. The lowest BCUT2D eigenvalue weighted by molar-refractivity contribution is 0.187. The Morgan fingerprint density at radius 1 is 1.33 bits per heavy atom. The summed E-state index contributed by atoms with van der Waals surface area (Å²) in [4.78, 5) is 0. The minimum Gasteiger partial charge on any atom is -0.490 e. The molecule has 1 atom stereocenters. The molecule has 2 aromatic rings. The third kappa shape index (κ3) is 2.44. The van der Waals surface area contributed by atoms with Gasteiger partial charge < -0.3 is 14.3 Å².